The fourth-order valence-electron chi connectivity index (χ4n) is 2.14. The zero-order valence-corrected chi connectivity index (χ0v) is 12.5. The molecule has 1 amide bonds. The average molecular weight is 278 g/mol. The third-order valence-electron chi connectivity index (χ3n) is 3.50. The summed E-state index contributed by atoms with van der Waals surface area (Å²) in [4.78, 5) is 13.0. The van der Waals surface area contributed by atoms with Crippen LogP contribution in [0.3, 0.4) is 0 Å². The molecule has 1 unspecified atom stereocenters. The first-order valence-corrected chi connectivity index (χ1v) is 7.84. The fraction of sp³-hybridized carbons (Fsp3) is 0.533. The van der Waals surface area contributed by atoms with Gasteiger partial charge in [-0.2, -0.15) is 0 Å². The Morgan fingerprint density at radius 2 is 2.26 bits per heavy atom. The molecule has 1 aromatic rings. The summed E-state index contributed by atoms with van der Waals surface area (Å²) >= 11 is 1.75. The maximum absolute atomic E-state index is 11.8. The number of carbonyl (C=O) groups excluding carboxylic acids is 1. The van der Waals surface area contributed by atoms with E-state index in [1.54, 1.807) is 11.8 Å². The van der Waals surface area contributed by atoms with E-state index >= 15 is 0 Å². The first-order chi connectivity index (χ1) is 9.15. The van der Waals surface area contributed by atoms with Gasteiger partial charge in [-0.15, -0.1) is 11.8 Å². The van der Waals surface area contributed by atoms with E-state index in [0.29, 0.717) is 12.5 Å². The van der Waals surface area contributed by atoms with Crippen LogP contribution < -0.4 is 10.6 Å². The minimum absolute atomic E-state index is 0.171. The molecule has 0 aromatic heterocycles. The van der Waals surface area contributed by atoms with Gasteiger partial charge in [0.2, 0.25) is 5.91 Å². The molecule has 0 saturated carbocycles. The van der Waals surface area contributed by atoms with Crippen molar-refractivity contribution in [3.8, 4) is 0 Å². The zero-order chi connectivity index (χ0) is 13.7. The van der Waals surface area contributed by atoms with Crippen LogP contribution in [0.15, 0.2) is 23.1 Å². The fourth-order valence-corrected chi connectivity index (χ4v) is 3.09. The van der Waals surface area contributed by atoms with Gasteiger partial charge in [-0.1, -0.05) is 6.07 Å². The van der Waals surface area contributed by atoms with Crippen LogP contribution in [-0.4, -0.2) is 30.8 Å². The molecule has 1 heterocycles. The van der Waals surface area contributed by atoms with Gasteiger partial charge in [-0.25, -0.2) is 0 Å². The largest absolute Gasteiger partial charge is 0.352 e. The first kappa shape index (κ1) is 14.4. The highest BCUT2D eigenvalue weighted by Crippen LogP contribution is 2.21. The van der Waals surface area contributed by atoms with E-state index in [9.17, 15) is 4.79 Å². The van der Waals surface area contributed by atoms with Crippen LogP contribution in [0.5, 0.6) is 0 Å². The minimum atomic E-state index is 0.171. The summed E-state index contributed by atoms with van der Waals surface area (Å²) in [6.45, 7) is 6.17. The monoisotopic (exact) mass is 278 g/mol. The number of hydrogen-bond acceptors (Lipinski definition) is 3. The molecule has 1 aromatic carbocycles. The lowest BCUT2D eigenvalue weighted by Gasteiger charge is -2.11. The second kappa shape index (κ2) is 6.96. The van der Waals surface area contributed by atoms with E-state index in [-0.39, 0.29) is 5.91 Å². The number of nitrogens with one attached hydrogen (secondary N) is 2. The molecule has 1 aliphatic rings. The molecule has 0 bridgehead atoms. The number of thioether (sulfide) groups is 1. The summed E-state index contributed by atoms with van der Waals surface area (Å²) in [6, 6.07) is 6.80. The van der Waals surface area contributed by atoms with Gasteiger partial charge in [0, 0.05) is 29.7 Å². The van der Waals surface area contributed by atoms with E-state index in [1.807, 2.05) is 0 Å². The van der Waals surface area contributed by atoms with Crippen molar-refractivity contribution in [2.45, 2.75) is 37.6 Å². The van der Waals surface area contributed by atoms with Crippen molar-refractivity contribution in [2.75, 3.05) is 18.8 Å². The van der Waals surface area contributed by atoms with Gasteiger partial charge >= 0.3 is 0 Å². The van der Waals surface area contributed by atoms with Crippen molar-refractivity contribution in [1.82, 2.24) is 10.6 Å². The SMILES string of the molecule is Cc1ccc(SCCC(=O)NC2CCNC2)cc1C. The highest BCUT2D eigenvalue weighted by atomic mass is 32.2. The number of aryl methyl sites for hydroxylation is 2. The number of benzene rings is 1. The third kappa shape index (κ3) is 4.55. The number of carbonyl (C=O) groups is 1. The molecule has 3 nitrogen and oxygen atoms in total. The molecule has 0 radical (unpaired) electrons. The molecule has 4 heteroatoms. The summed E-state index contributed by atoms with van der Waals surface area (Å²) in [6.07, 6.45) is 1.64. The van der Waals surface area contributed by atoms with Crippen LogP contribution in [0.1, 0.15) is 24.0 Å². The predicted octanol–water partition coefficient (Wildman–Crippen LogP) is 2.26. The Kier molecular flexibility index (Phi) is 5.28. The molecule has 19 heavy (non-hydrogen) atoms. The topological polar surface area (TPSA) is 41.1 Å². The van der Waals surface area contributed by atoms with Crippen molar-refractivity contribution >= 4 is 17.7 Å². The van der Waals surface area contributed by atoms with Gasteiger partial charge in [0.1, 0.15) is 0 Å². The normalized spacial score (nSPS) is 18.5. The molecule has 2 rings (SSSR count). The Hall–Kier alpha value is -1.00. The van der Waals surface area contributed by atoms with Gasteiger partial charge in [-0.05, 0) is 50.1 Å². The molecular weight excluding hydrogens is 256 g/mol. The van der Waals surface area contributed by atoms with E-state index in [1.165, 1.54) is 16.0 Å². The van der Waals surface area contributed by atoms with Gasteiger partial charge in [0.15, 0.2) is 0 Å². The van der Waals surface area contributed by atoms with Crippen LogP contribution in [0.2, 0.25) is 0 Å². The molecular formula is C15H22N2OS. The number of hydrogen-bond donors (Lipinski definition) is 2. The van der Waals surface area contributed by atoms with E-state index in [2.05, 4.69) is 42.7 Å². The Bertz CT molecular complexity index is 442. The predicted molar refractivity (Wildman–Crippen MR) is 80.7 cm³/mol. The smallest absolute Gasteiger partial charge is 0.221 e. The standard InChI is InChI=1S/C15H22N2OS/c1-11-3-4-14(9-12(11)2)19-8-6-15(18)17-13-5-7-16-10-13/h3-4,9,13,16H,5-8,10H2,1-2H3,(H,17,18). The lowest BCUT2D eigenvalue weighted by Crippen LogP contribution is -2.36. The van der Waals surface area contributed by atoms with Crippen LogP contribution in [0.25, 0.3) is 0 Å². The average Bonchev–Trinajstić information content (AvgIpc) is 2.86. The second-order valence-electron chi connectivity index (χ2n) is 5.10. The van der Waals surface area contributed by atoms with Crippen molar-refractivity contribution in [2.24, 2.45) is 0 Å². The van der Waals surface area contributed by atoms with Gasteiger partial charge in [0.05, 0.1) is 0 Å². The molecule has 0 spiro atoms. The van der Waals surface area contributed by atoms with E-state index in [0.717, 1.165) is 25.3 Å². The van der Waals surface area contributed by atoms with Crippen LogP contribution >= 0.6 is 11.8 Å². The highest BCUT2D eigenvalue weighted by molar-refractivity contribution is 7.99. The van der Waals surface area contributed by atoms with Crippen LogP contribution in [-0.2, 0) is 4.79 Å². The highest BCUT2D eigenvalue weighted by Gasteiger charge is 2.16. The third-order valence-corrected chi connectivity index (χ3v) is 4.50. The quantitative estimate of drug-likeness (QED) is 0.812. The number of rotatable bonds is 5. The maximum Gasteiger partial charge on any atom is 0.221 e. The lowest BCUT2D eigenvalue weighted by atomic mass is 10.1. The van der Waals surface area contributed by atoms with Crippen molar-refractivity contribution in [3.05, 3.63) is 29.3 Å². The first-order valence-electron chi connectivity index (χ1n) is 6.85. The van der Waals surface area contributed by atoms with Gasteiger partial charge in [0.25, 0.3) is 0 Å². The summed E-state index contributed by atoms with van der Waals surface area (Å²) in [7, 11) is 0. The summed E-state index contributed by atoms with van der Waals surface area (Å²) in [5, 5.41) is 6.32. The van der Waals surface area contributed by atoms with E-state index in [4.69, 9.17) is 0 Å². The summed E-state index contributed by atoms with van der Waals surface area (Å²) in [5.41, 5.74) is 2.63. The summed E-state index contributed by atoms with van der Waals surface area (Å²) in [5.74, 6) is 1.01. The Morgan fingerprint density at radius 1 is 1.42 bits per heavy atom. The van der Waals surface area contributed by atoms with Crippen molar-refractivity contribution in [1.29, 1.82) is 0 Å². The lowest BCUT2D eigenvalue weighted by molar-refractivity contribution is -0.121. The molecule has 1 atom stereocenters. The minimum Gasteiger partial charge on any atom is -0.352 e. The Balaban J connectivity index is 1.70. The van der Waals surface area contributed by atoms with Gasteiger partial charge < -0.3 is 10.6 Å². The molecule has 2 N–H and O–H groups in total. The van der Waals surface area contributed by atoms with Crippen LogP contribution in [0, 0.1) is 13.8 Å². The molecule has 1 saturated heterocycles. The molecule has 1 aliphatic heterocycles. The van der Waals surface area contributed by atoms with Crippen molar-refractivity contribution < 1.29 is 4.79 Å². The molecule has 0 aliphatic carbocycles. The molecule has 104 valence electrons. The zero-order valence-electron chi connectivity index (χ0n) is 11.7. The van der Waals surface area contributed by atoms with E-state index < -0.39 is 0 Å². The van der Waals surface area contributed by atoms with Gasteiger partial charge in [-0.3, -0.25) is 4.79 Å². The maximum atomic E-state index is 11.8. The summed E-state index contributed by atoms with van der Waals surface area (Å²) < 4.78 is 0. The second-order valence-corrected chi connectivity index (χ2v) is 6.27. The Morgan fingerprint density at radius 3 is 2.95 bits per heavy atom. The van der Waals surface area contributed by atoms with Crippen LogP contribution in [0.4, 0.5) is 0 Å². The molecule has 1 fully saturated rings. The Labute approximate surface area is 119 Å². The number of amides is 1. The van der Waals surface area contributed by atoms with Crippen molar-refractivity contribution in [3.63, 3.8) is 0 Å².